The van der Waals surface area contributed by atoms with Gasteiger partial charge in [-0.05, 0) is 42.8 Å². The van der Waals surface area contributed by atoms with Crippen molar-refractivity contribution in [3.8, 4) is 17.6 Å². The summed E-state index contributed by atoms with van der Waals surface area (Å²) in [7, 11) is 1.49. The molecule has 2 aromatic rings. The minimum absolute atomic E-state index is 0.270. The molecule has 0 aliphatic carbocycles. The topological polar surface area (TPSA) is 100 Å². The van der Waals surface area contributed by atoms with Gasteiger partial charge in [0.15, 0.2) is 11.5 Å². The lowest BCUT2D eigenvalue weighted by Gasteiger charge is -2.12. The molecule has 0 fully saturated rings. The summed E-state index contributed by atoms with van der Waals surface area (Å²) in [6.07, 6.45) is 1.93. The molecule has 0 radical (unpaired) electrons. The van der Waals surface area contributed by atoms with E-state index in [1.165, 1.54) is 13.2 Å². The van der Waals surface area contributed by atoms with Crippen LogP contribution in [0, 0.1) is 11.3 Å². The van der Waals surface area contributed by atoms with E-state index in [1.54, 1.807) is 36.4 Å². The summed E-state index contributed by atoms with van der Waals surface area (Å²) < 4.78 is 10.9. The second-order valence-electron chi connectivity index (χ2n) is 5.67. The number of hydrogen-bond donors (Lipinski definition) is 2. The fourth-order valence-corrected chi connectivity index (χ4v) is 2.24. The Bertz CT molecular complexity index is 859. The van der Waals surface area contributed by atoms with Crippen LogP contribution in [-0.2, 0) is 0 Å². The molecule has 0 heterocycles. The third kappa shape index (κ3) is 5.47. The lowest BCUT2D eigenvalue weighted by molar-refractivity contribution is 0.0846. The average molecular weight is 367 g/mol. The standard InChI is InChI=1S/C20H21N3O4/c1-3-4-10-27-17-9-8-16(12-18(17)26-2)20(25)23-22-19(24)15-7-5-6-14(11-15)13-21/h5-9,11-12H,3-4,10H2,1-2H3,(H,22,24)(H,23,25). The molecule has 140 valence electrons. The summed E-state index contributed by atoms with van der Waals surface area (Å²) >= 11 is 0. The van der Waals surface area contributed by atoms with Gasteiger partial charge in [0.2, 0.25) is 0 Å². The Balaban J connectivity index is 2.00. The maximum atomic E-state index is 12.3. The number of carbonyl (C=O) groups is 2. The number of unbranched alkanes of at least 4 members (excludes halogenated alkanes) is 1. The molecule has 7 nitrogen and oxygen atoms in total. The highest BCUT2D eigenvalue weighted by molar-refractivity contribution is 5.99. The molecule has 0 saturated heterocycles. The zero-order chi connectivity index (χ0) is 19.6. The van der Waals surface area contributed by atoms with Crippen molar-refractivity contribution in [1.82, 2.24) is 10.9 Å². The van der Waals surface area contributed by atoms with Crippen LogP contribution in [0.5, 0.6) is 11.5 Å². The van der Waals surface area contributed by atoms with Gasteiger partial charge in [-0.2, -0.15) is 5.26 Å². The summed E-state index contributed by atoms with van der Waals surface area (Å²) in [6.45, 7) is 2.63. The minimum atomic E-state index is -0.521. The van der Waals surface area contributed by atoms with Crippen LogP contribution in [0.15, 0.2) is 42.5 Å². The number of methoxy groups -OCH3 is 1. The van der Waals surface area contributed by atoms with Crippen molar-refractivity contribution in [3.05, 3.63) is 59.2 Å². The first-order chi connectivity index (χ1) is 13.1. The molecule has 0 aliphatic rings. The molecular weight excluding hydrogens is 346 g/mol. The zero-order valence-electron chi connectivity index (χ0n) is 15.2. The summed E-state index contributed by atoms with van der Waals surface area (Å²) in [5, 5.41) is 8.88. The molecule has 2 amide bonds. The molecular formula is C20H21N3O4. The first kappa shape index (κ1) is 19.8. The molecule has 2 N–H and O–H groups in total. The molecule has 0 bridgehead atoms. The highest BCUT2D eigenvalue weighted by Gasteiger charge is 2.13. The molecule has 2 aromatic carbocycles. The number of nitrogens with zero attached hydrogens (tertiary/aromatic N) is 1. The number of amides is 2. The van der Waals surface area contributed by atoms with E-state index in [-0.39, 0.29) is 5.56 Å². The average Bonchev–Trinajstić information content (AvgIpc) is 2.72. The highest BCUT2D eigenvalue weighted by atomic mass is 16.5. The monoisotopic (exact) mass is 367 g/mol. The third-order valence-corrected chi connectivity index (χ3v) is 3.72. The van der Waals surface area contributed by atoms with Crippen LogP contribution in [0.2, 0.25) is 0 Å². The second-order valence-corrected chi connectivity index (χ2v) is 5.67. The molecule has 0 spiro atoms. The number of ether oxygens (including phenoxy) is 2. The number of benzene rings is 2. The fraction of sp³-hybridized carbons (Fsp3) is 0.250. The van der Waals surface area contributed by atoms with E-state index in [4.69, 9.17) is 14.7 Å². The van der Waals surface area contributed by atoms with Crippen LogP contribution in [0.3, 0.4) is 0 Å². The Labute approximate surface area is 157 Å². The molecule has 0 atom stereocenters. The Morgan fingerprint density at radius 1 is 1.04 bits per heavy atom. The van der Waals surface area contributed by atoms with Crippen LogP contribution < -0.4 is 20.3 Å². The summed E-state index contributed by atoms with van der Waals surface area (Å²) in [4.78, 5) is 24.4. The van der Waals surface area contributed by atoms with E-state index >= 15 is 0 Å². The van der Waals surface area contributed by atoms with Gasteiger partial charge < -0.3 is 9.47 Å². The van der Waals surface area contributed by atoms with Crippen LogP contribution in [0.4, 0.5) is 0 Å². The minimum Gasteiger partial charge on any atom is -0.493 e. The zero-order valence-corrected chi connectivity index (χ0v) is 15.2. The van der Waals surface area contributed by atoms with Crippen LogP contribution in [-0.4, -0.2) is 25.5 Å². The van der Waals surface area contributed by atoms with Gasteiger partial charge in [0.1, 0.15) is 0 Å². The van der Waals surface area contributed by atoms with Crippen molar-refractivity contribution in [3.63, 3.8) is 0 Å². The maximum Gasteiger partial charge on any atom is 0.269 e. The molecule has 0 aromatic heterocycles. The Morgan fingerprint density at radius 3 is 2.37 bits per heavy atom. The fourth-order valence-electron chi connectivity index (χ4n) is 2.24. The summed E-state index contributed by atoms with van der Waals surface area (Å²) in [6, 6.07) is 12.9. The number of carbonyl (C=O) groups excluding carboxylic acids is 2. The van der Waals surface area contributed by atoms with E-state index in [0.717, 1.165) is 12.8 Å². The summed E-state index contributed by atoms with van der Waals surface area (Å²) in [5.74, 6) is -0.0308. The van der Waals surface area contributed by atoms with Crippen molar-refractivity contribution < 1.29 is 19.1 Å². The van der Waals surface area contributed by atoms with Gasteiger partial charge in [0.05, 0.1) is 25.3 Å². The number of nitriles is 1. The van der Waals surface area contributed by atoms with E-state index in [1.807, 2.05) is 6.07 Å². The van der Waals surface area contributed by atoms with E-state index in [0.29, 0.717) is 29.2 Å². The lowest BCUT2D eigenvalue weighted by Crippen LogP contribution is -2.41. The van der Waals surface area contributed by atoms with E-state index in [2.05, 4.69) is 17.8 Å². The molecule has 27 heavy (non-hydrogen) atoms. The first-order valence-electron chi connectivity index (χ1n) is 8.50. The smallest absolute Gasteiger partial charge is 0.269 e. The maximum absolute atomic E-state index is 12.3. The molecule has 7 heteroatoms. The predicted octanol–water partition coefficient (Wildman–Crippen LogP) is 2.82. The molecule has 0 unspecified atom stereocenters. The van der Waals surface area contributed by atoms with E-state index in [9.17, 15) is 9.59 Å². The van der Waals surface area contributed by atoms with Crippen LogP contribution in [0.1, 0.15) is 46.0 Å². The largest absolute Gasteiger partial charge is 0.493 e. The van der Waals surface area contributed by atoms with Gasteiger partial charge in [-0.3, -0.25) is 20.4 Å². The van der Waals surface area contributed by atoms with E-state index < -0.39 is 11.8 Å². The predicted molar refractivity (Wildman–Crippen MR) is 99.5 cm³/mol. The highest BCUT2D eigenvalue weighted by Crippen LogP contribution is 2.28. The van der Waals surface area contributed by atoms with Crippen molar-refractivity contribution in [2.45, 2.75) is 19.8 Å². The van der Waals surface area contributed by atoms with Crippen LogP contribution >= 0.6 is 0 Å². The molecule has 0 aliphatic heterocycles. The Morgan fingerprint density at radius 2 is 1.74 bits per heavy atom. The van der Waals surface area contributed by atoms with Crippen LogP contribution in [0.25, 0.3) is 0 Å². The SMILES string of the molecule is CCCCOc1ccc(C(=O)NNC(=O)c2cccc(C#N)c2)cc1OC. The lowest BCUT2D eigenvalue weighted by atomic mass is 10.1. The normalized spacial score (nSPS) is 9.81. The number of rotatable bonds is 7. The van der Waals surface area contributed by atoms with Crippen molar-refractivity contribution >= 4 is 11.8 Å². The quantitative estimate of drug-likeness (QED) is 0.579. The number of nitrogens with one attached hydrogen (secondary N) is 2. The van der Waals surface area contributed by atoms with Crippen molar-refractivity contribution in [2.75, 3.05) is 13.7 Å². The van der Waals surface area contributed by atoms with Gasteiger partial charge in [-0.25, -0.2) is 0 Å². The third-order valence-electron chi connectivity index (χ3n) is 3.72. The number of hydrogen-bond acceptors (Lipinski definition) is 5. The molecule has 2 rings (SSSR count). The number of hydrazine groups is 1. The van der Waals surface area contributed by atoms with Crippen molar-refractivity contribution in [1.29, 1.82) is 5.26 Å². The van der Waals surface area contributed by atoms with Crippen molar-refractivity contribution in [2.24, 2.45) is 0 Å². The molecule has 0 saturated carbocycles. The van der Waals surface area contributed by atoms with Gasteiger partial charge in [0.25, 0.3) is 11.8 Å². The van der Waals surface area contributed by atoms with Gasteiger partial charge in [0, 0.05) is 11.1 Å². The Kier molecular flexibility index (Phi) is 7.20. The Hall–Kier alpha value is -3.53. The van der Waals surface area contributed by atoms with Gasteiger partial charge >= 0.3 is 0 Å². The van der Waals surface area contributed by atoms with Gasteiger partial charge in [-0.15, -0.1) is 0 Å². The van der Waals surface area contributed by atoms with Gasteiger partial charge in [-0.1, -0.05) is 19.4 Å². The first-order valence-corrected chi connectivity index (χ1v) is 8.50. The second kappa shape index (κ2) is 9.82. The summed E-state index contributed by atoms with van der Waals surface area (Å²) in [5.41, 5.74) is 5.60.